The van der Waals surface area contributed by atoms with E-state index in [4.69, 9.17) is 5.73 Å². The molecule has 1 rings (SSSR count). The van der Waals surface area contributed by atoms with Crippen LogP contribution in [0.3, 0.4) is 0 Å². The third kappa shape index (κ3) is 8.13. The first-order valence-corrected chi connectivity index (χ1v) is 10.8. The lowest BCUT2D eigenvalue weighted by Crippen LogP contribution is -2.59. The molecule has 0 aromatic carbocycles. The van der Waals surface area contributed by atoms with Gasteiger partial charge in [-0.05, 0) is 12.8 Å². The van der Waals surface area contributed by atoms with E-state index in [1.54, 1.807) is 13.8 Å². The molecule has 180 valence electrons. The van der Waals surface area contributed by atoms with E-state index < -0.39 is 54.0 Å². The van der Waals surface area contributed by atoms with Crippen LogP contribution in [0.5, 0.6) is 0 Å². The molecule has 3 amide bonds. The quantitative estimate of drug-likeness (QED) is 0.153. The number of carbonyl (C=O) groups is 4. The van der Waals surface area contributed by atoms with Gasteiger partial charge in [0.1, 0.15) is 24.2 Å². The zero-order chi connectivity index (χ0) is 24.4. The molecule has 0 fully saturated rings. The number of carboxylic acid groups (broad SMARTS) is 1. The van der Waals surface area contributed by atoms with E-state index in [1.807, 2.05) is 0 Å². The van der Waals surface area contributed by atoms with Crippen molar-refractivity contribution in [2.45, 2.75) is 63.9 Å². The Kier molecular flexibility index (Phi) is 11.2. The highest BCUT2D eigenvalue weighted by molar-refractivity contribution is 7.80. The number of aliphatic carboxylic acids is 1. The van der Waals surface area contributed by atoms with Gasteiger partial charge in [0, 0.05) is 24.1 Å². The summed E-state index contributed by atoms with van der Waals surface area (Å²) >= 11 is 4.06. The van der Waals surface area contributed by atoms with Crippen LogP contribution in [-0.2, 0) is 25.6 Å². The third-order valence-corrected chi connectivity index (χ3v) is 5.39. The summed E-state index contributed by atoms with van der Waals surface area (Å²) in [4.78, 5) is 56.0. The Morgan fingerprint density at radius 1 is 1.12 bits per heavy atom. The van der Waals surface area contributed by atoms with Crippen molar-refractivity contribution in [1.82, 2.24) is 25.9 Å². The van der Waals surface area contributed by atoms with E-state index in [9.17, 15) is 29.4 Å². The van der Waals surface area contributed by atoms with Crippen LogP contribution in [0.4, 0.5) is 0 Å². The molecule has 6 atom stereocenters. The summed E-state index contributed by atoms with van der Waals surface area (Å²) in [6.07, 6.45) is 2.26. The molecule has 8 N–H and O–H groups in total. The molecule has 0 radical (unpaired) electrons. The lowest BCUT2D eigenvalue weighted by molar-refractivity contribution is -0.143. The molecule has 12 nitrogen and oxygen atoms in total. The third-order valence-electron chi connectivity index (χ3n) is 5.03. The molecule has 0 saturated heterocycles. The van der Waals surface area contributed by atoms with Crippen molar-refractivity contribution in [3.8, 4) is 0 Å². The van der Waals surface area contributed by atoms with E-state index in [0.29, 0.717) is 12.1 Å². The highest BCUT2D eigenvalue weighted by Gasteiger charge is 2.32. The normalized spacial score (nSPS) is 16.7. The molecule has 1 aromatic rings. The SMILES string of the molecule is CCC(C)C(NC(=O)C(Cc1cnc[nH]1)NC(=O)C(CS)NC(=O)C(N)C(C)O)C(=O)O. The van der Waals surface area contributed by atoms with Gasteiger partial charge in [-0.2, -0.15) is 12.6 Å². The van der Waals surface area contributed by atoms with Crippen LogP contribution in [0.1, 0.15) is 32.9 Å². The molecule has 13 heteroatoms. The van der Waals surface area contributed by atoms with Gasteiger partial charge in [-0.25, -0.2) is 9.78 Å². The molecule has 0 aliphatic heterocycles. The summed E-state index contributed by atoms with van der Waals surface area (Å²) in [5.41, 5.74) is 6.11. The van der Waals surface area contributed by atoms with E-state index in [2.05, 4.69) is 38.5 Å². The number of hydrogen-bond acceptors (Lipinski definition) is 8. The fourth-order valence-electron chi connectivity index (χ4n) is 2.72. The second-order valence-electron chi connectivity index (χ2n) is 7.56. The zero-order valence-corrected chi connectivity index (χ0v) is 19.1. The Balaban J connectivity index is 2.99. The number of rotatable bonds is 13. The summed E-state index contributed by atoms with van der Waals surface area (Å²) in [5, 5.41) is 26.3. The largest absolute Gasteiger partial charge is 0.480 e. The van der Waals surface area contributed by atoms with Gasteiger partial charge in [-0.15, -0.1) is 0 Å². The maximum Gasteiger partial charge on any atom is 0.326 e. The number of carboxylic acids is 1. The van der Waals surface area contributed by atoms with E-state index in [0.717, 1.165) is 0 Å². The Bertz CT molecular complexity index is 774. The van der Waals surface area contributed by atoms with Crippen LogP contribution in [0.25, 0.3) is 0 Å². The van der Waals surface area contributed by atoms with Gasteiger partial charge in [0.25, 0.3) is 0 Å². The minimum absolute atomic E-state index is 0.00481. The average Bonchev–Trinajstić information content (AvgIpc) is 3.26. The second-order valence-corrected chi connectivity index (χ2v) is 7.93. The Morgan fingerprint density at radius 2 is 1.72 bits per heavy atom. The van der Waals surface area contributed by atoms with Crippen molar-refractivity contribution in [1.29, 1.82) is 0 Å². The number of aromatic amines is 1. The van der Waals surface area contributed by atoms with Crippen molar-refractivity contribution < 1.29 is 29.4 Å². The Labute approximate surface area is 191 Å². The standard InChI is InChI=1S/C19H32N6O6S/c1-4-9(2)15(19(30)31)25-16(27)12(5-11-6-21-8-22-11)23-17(28)13(7-32)24-18(29)14(20)10(3)26/h6,8-10,12-15,26,32H,4-5,7,20H2,1-3H3,(H,21,22)(H,23,28)(H,24,29)(H,25,27)(H,30,31). The molecular weight excluding hydrogens is 440 g/mol. The number of nitrogens with two attached hydrogens (primary N) is 1. The number of carbonyl (C=O) groups excluding carboxylic acids is 3. The molecule has 0 saturated carbocycles. The maximum absolute atomic E-state index is 12.9. The minimum atomic E-state index is -1.25. The number of nitrogens with one attached hydrogen (secondary N) is 4. The summed E-state index contributed by atoms with van der Waals surface area (Å²) < 4.78 is 0. The summed E-state index contributed by atoms with van der Waals surface area (Å²) in [5.74, 6) is -3.82. The van der Waals surface area contributed by atoms with Crippen molar-refractivity contribution >= 4 is 36.3 Å². The monoisotopic (exact) mass is 472 g/mol. The topological polar surface area (TPSA) is 200 Å². The predicted octanol–water partition coefficient (Wildman–Crippen LogP) is -1.82. The van der Waals surface area contributed by atoms with Crippen molar-refractivity contribution in [2.24, 2.45) is 11.7 Å². The Morgan fingerprint density at radius 3 is 2.19 bits per heavy atom. The smallest absolute Gasteiger partial charge is 0.326 e. The number of aliphatic hydroxyl groups excluding tert-OH is 1. The number of aromatic nitrogens is 2. The first-order valence-electron chi connectivity index (χ1n) is 10.2. The van der Waals surface area contributed by atoms with Gasteiger partial charge >= 0.3 is 5.97 Å². The molecule has 0 bridgehead atoms. The summed E-state index contributed by atoms with van der Waals surface area (Å²) in [6, 6.07) is -4.68. The second kappa shape index (κ2) is 13.0. The maximum atomic E-state index is 12.9. The van der Waals surface area contributed by atoms with E-state index in [1.165, 1.54) is 19.4 Å². The molecular formula is C19H32N6O6S. The van der Waals surface area contributed by atoms with Crippen LogP contribution < -0.4 is 21.7 Å². The number of nitrogens with zero attached hydrogens (tertiary/aromatic N) is 1. The molecule has 1 heterocycles. The first-order chi connectivity index (χ1) is 15.0. The van der Waals surface area contributed by atoms with Crippen LogP contribution in [0.2, 0.25) is 0 Å². The van der Waals surface area contributed by atoms with Gasteiger partial charge in [-0.1, -0.05) is 20.3 Å². The van der Waals surface area contributed by atoms with Crippen molar-refractivity contribution in [2.75, 3.05) is 5.75 Å². The molecule has 6 unspecified atom stereocenters. The Hall–Kier alpha value is -2.64. The number of thiol groups is 1. The molecule has 1 aromatic heterocycles. The van der Waals surface area contributed by atoms with Gasteiger partial charge in [0.15, 0.2) is 0 Å². The number of amides is 3. The van der Waals surface area contributed by atoms with Gasteiger partial charge in [0.2, 0.25) is 17.7 Å². The van der Waals surface area contributed by atoms with Gasteiger partial charge in [0.05, 0.1) is 12.4 Å². The number of imidazole rings is 1. The van der Waals surface area contributed by atoms with E-state index >= 15 is 0 Å². The summed E-state index contributed by atoms with van der Waals surface area (Å²) in [7, 11) is 0. The van der Waals surface area contributed by atoms with Crippen LogP contribution in [-0.4, -0.2) is 79.9 Å². The van der Waals surface area contributed by atoms with Crippen LogP contribution >= 0.6 is 12.6 Å². The van der Waals surface area contributed by atoms with Gasteiger partial charge < -0.3 is 36.9 Å². The first kappa shape index (κ1) is 27.4. The highest BCUT2D eigenvalue weighted by atomic mass is 32.1. The zero-order valence-electron chi connectivity index (χ0n) is 18.2. The summed E-state index contributed by atoms with van der Waals surface area (Å²) in [6.45, 7) is 4.83. The molecule has 0 aliphatic rings. The predicted molar refractivity (Wildman–Crippen MR) is 119 cm³/mol. The fraction of sp³-hybridized carbons (Fsp3) is 0.632. The van der Waals surface area contributed by atoms with Crippen molar-refractivity contribution in [3.63, 3.8) is 0 Å². The van der Waals surface area contributed by atoms with Gasteiger partial charge in [-0.3, -0.25) is 14.4 Å². The van der Waals surface area contributed by atoms with Crippen LogP contribution in [0, 0.1) is 5.92 Å². The molecule has 0 aliphatic carbocycles. The number of hydrogen-bond donors (Lipinski definition) is 8. The number of aliphatic hydroxyl groups is 1. The lowest BCUT2D eigenvalue weighted by atomic mass is 9.98. The van der Waals surface area contributed by atoms with E-state index in [-0.39, 0.29) is 18.1 Å². The van der Waals surface area contributed by atoms with Crippen molar-refractivity contribution in [3.05, 3.63) is 18.2 Å². The number of H-pyrrole nitrogens is 1. The molecule has 0 spiro atoms. The molecule has 32 heavy (non-hydrogen) atoms. The fourth-order valence-corrected chi connectivity index (χ4v) is 2.97. The highest BCUT2D eigenvalue weighted by Crippen LogP contribution is 2.09. The lowest BCUT2D eigenvalue weighted by Gasteiger charge is -2.26. The average molecular weight is 473 g/mol. The van der Waals surface area contributed by atoms with Crippen LogP contribution in [0.15, 0.2) is 12.5 Å². The minimum Gasteiger partial charge on any atom is -0.480 e.